The Kier molecular flexibility index (Phi) is 4.48. The van der Waals surface area contributed by atoms with Crippen molar-refractivity contribution in [3.8, 4) is 17.5 Å². The van der Waals surface area contributed by atoms with Crippen LogP contribution in [0.2, 0.25) is 0 Å². The SMILES string of the molecule is CCC1CCC(c2cnc(-c3ccc(C#N)cc3)nc2)CC1. The molecule has 0 N–H and O–H groups in total. The van der Waals surface area contributed by atoms with Gasteiger partial charge >= 0.3 is 0 Å². The highest BCUT2D eigenvalue weighted by molar-refractivity contribution is 5.56. The van der Waals surface area contributed by atoms with Crippen molar-refractivity contribution in [1.82, 2.24) is 9.97 Å². The number of hydrogen-bond acceptors (Lipinski definition) is 3. The van der Waals surface area contributed by atoms with Crippen molar-refractivity contribution in [2.24, 2.45) is 5.92 Å². The first-order valence-electron chi connectivity index (χ1n) is 8.12. The first kappa shape index (κ1) is 14.7. The van der Waals surface area contributed by atoms with Crippen LogP contribution < -0.4 is 0 Å². The van der Waals surface area contributed by atoms with Gasteiger partial charge in [-0.1, -0.05) is 13.3 Å². The number of nitrogens with zero attached hydrogens (tertiary/aromatic N) is 3. The van der Waals surface area contributed by atoms with E-state index in [2.05, 4.69) is 23.0 Å². The third kappa shape index (κ3) is 3.17. The maximum atomic E-state index is 8.83. The molecular formula is C19H21N3. The summed E-state index contributed by atoms with van der Waals surface area (Å²) >= 11 is 0. The average Bonchev–Trinajstić information content (AvgIpc) is 2.62. The molecule has 3 rings (SSSR count). The van der Waals surface area contributed by atoms with Crippen molar-refractivity contribution < 1.29 is 0 Å². The van der Waals surface area contributed by atoms with Gasteiger partial charge in [0.2, 0.25) is 0 Å². The van der Waals surface area contributed by atoms with E-state index in [1.807, 2.05) is 24.5 Å². The van der Waals surface area contributed by atoms with Crippen molar-refractivity contribution in [2.45, 2.75) is 44.9 Å². The predicted octanol–water partition coefficient (Wildman–Crippen LogP) is 4.70. The molecule has 0 amide bonds. The molecule has 112 valence electrons. The van der Waals surface area contributed by atoms with E-state index in [9.17, 15) is 0 Å². The van der Waals surface area contributed by atoms with Crippen LogP contribution in [0.15, 0.2) is 36.7 Å². The summed E-state index contributed by atoms with van der Waals surface area (Å²) in [5.74, 6) is 2.27. The molecule has 1 aliphatic rings. The molecular weight excluding hydrogens is 270 g/mol. The van der Waals surface area contributed by atoms with Crippen LogP contribution in [0.25, 0.3) is 11.4 Å². The van der Waals surface area contributed by atoms with Crippen LogP contribution in [0, 0.1) is 17.2 Å². The second-order valence-corrected chi connectivity index (χ2v) is 6.16. The Labute approximate surface area is 132 Å². The Morgan fingerprint density at radius 2 is 1.68 bits per heavy atom. The third-order valence-corrected chi connectivity index (χ3v) is 4.84. The quantitative estimate of drug-likeness (QED) is 0.823. The minimum atomic E-state index is 0.623. The number of rotatable bonds is 3. The topological polar surface area (TPSA) is 49.6 Å². The molecule has 0 spiro atoms. The number of benzene rings is 1. The maximum absolute atomic E-state index is 8.83. The van der Waals surface area contributed by atoms with Crippen LogP contribution in [0.1, 0.15) is 56.1 Å². The molecule has 1 aromatic carbocycles. The van der Waals surface area contributed by atoms with Crippen molar-refractivity contribution >= 4 is 0 Å². The maximum Gasteiger partial charge on any atom is 0.159 e. The van der Waals surface area contributed by atoms with E-state index in [-0.39, 0.29) is 0 Å². The van der Waals surface area contributed by atoms with Crippen molar-refractivity contribution in [1.29, 1.82) is 5.26 Å². The molecule has 0 atom stereocenters. The van der Waals surface area contributed by atoms with Gasteiger partial charge in [0.15, 0.2) is 5.82 Å². The summed E-state index contributed by atoms with van der Waals surface area (Å²) in [6, 6.07) is 9.54. The molecule has 1 aromatic heterocycles. The Hall–Kier alpha value is -2.21. The largest absolute Gasteiger partial charge is 0.236 e. The molecule has 1 aliphatic carbocycles. The summed E-state index contributed by atoms with van der Waals surface area (Å²) in [5, 5.41) is 8.83. The lowest BCUT2D eigenvalue weighted by Crippen LogP contribution is -2.13. The zero-order valence-corrected chi connectivity index (χ0v) is 13.0. The highest BCUT2D eigenvalue weighted by atomic mass is 14.9. The number of aromatic nitrogens is 2. The molecule has 0 bridgehead atoms. The van der Waals surface area contributed by atoms with Gasteiger partial charge in [0.1, 0.15) is 0 Å². The van der Waals surface area contributed by atoms with E-state index in [0.717, 1.165) is 17.3 Å². The van der Waals surface area contributed by atoms with Crippen LogP contribution >= 0.6 is 0 Å². The highest BCUT2D eigenvalue weighted by Crippen LogP contribution is 2.36. The molecule has 3 heteroatoms. The molecule has 0 radical (unpaired) electrons. The van der Waals surface area contributed by atoms with E-state index < -0.39 is 0 Å². The summed E-state index contributed by atoms with van der Waals surface area (Å²) in [7, 11) is 0. The zero-order valence-electron chi connectivity index (χ0n) is 13.0. The smallest absolute Gasteiger partial charge is 0.159 e. The summed E-state index contributed by atoms with van der Waals surface area (Å²) in [4.78, 5) is 9.05. The fourth-order valence-corrected chi connectivity index (χ4v) is 3.30. The van der Waals surface area contributed by atoms with Gasteiger partial charge in [-0.3, -0.25) is 0 Å². The lowest BCUT2D eigenvalue weighted by Gasteiger charge is -2.27. The Morgan fingerprint density at radius 3 is 2.23 bits per heavy atom. The van der Waals surface area contributed by atoms with Gasteiger partial charge in [-0.2, -0.15) is 5.26 Å². The summed E-state index contributed by atoms with van der Waals surface area (Å²) in [5.41, 5.74) is 2.89. The second kappa shape index (κ2) is 6.70. The fourth-order valence-electron chi connectivity index (χ4n) is 3.30. The number of nitriles is 1. The van der Waals surface area contributed by atoms with Crippen molar-refractivity contribution in [3.05, 3.63) is 47.8 Å². The Balaban J connectivity index is 1.71. The van der Waals surface area contributed by atoms with E-state index in [1.54, 1.807) is 12.1 Å². The van der Waals surface area contributed by atoms with Gasteiger partial charge in [-0.15, -0.1) is 0 Å². The lowest BCUT2D eigenvalue weighted by atomic mass is 9.78. The lowest BCUT2D eigenvalue weighted by molar-refractivity contribution is 0.318. The van der Waals surface area contributed by atoms with E-state index in [1.165, 1.54) is 37.7 Å². The molecule has 22 heavy (non-hydrogen) atoms. The van der Waals surface area contributed by atoms with Crippen LogP contribution in [0.3, 0.4) is 0 Å². The monoisotopic (exact) mass is 291 g/mol. The fraction of sp³-hybridized carbons (Fsp3) is 0.421. The highest BCUT2D eigenvalue weighted by Gasteiger charge is 2.21. The molecule has 2 aromatic rings. The van der Waals surface area contributed by atoms with Gasteiger partial charge in [0, 0.05) is 18.0 Å². The Bertz CT molecular complexity index is 645. The minimum absolute atomic E-state index is 0.623. The number of hydrogen-bond donors (Lipinski definition) is 0. The molecule has 1 heterocycles. The van der Waals surface area contributed by atoms with E-state index in [0.29, 0.717) is 11.5 Å². The second-order valence-electron chi connectivity index (χ2n) is 6.16. The molecule has 0 aliphatic heterocycles. The summed E-state index contributed by atoms with van der Waals surface area (Å²) < 4.78 is 0. The molecule has 1 saturated carbocycles. The van der Waals surface area contributed by atoms with Gasteiger partial charge < -0.3 is 0 Å². The first-order chi connectivity index (χ1) is 10.8. The standard InChI is InChI=1S/C19H21N3/c1-2-14-3-7-16(8-4-14)18-12-21-19(22-13-18)17-9-5-15(11-20)6-10-17/h5-6,9-10,12-14,16H,2-4,7-8H2,1H3. The summed E-state index contributed by atoms with van der Waals surface area (Å²) in [6.07, 6.45) is 10.5. The molecule has 0 saturated heterocycles. The van der Waals surface area contributed by atoms with Crippen LogP contribution in [0.5, 0.6) is 0 Å². The normalized spacial score (nSPS) is 21.3. The van der Waals surface area contributed by atoms with Gasteiger partial charge in [0.25, 0.3) is 0 Å². The predicted molar refractivity (Wildman–Crippen MR) is 87.2 cm³/mol. The van der Waals surface area contributed by atoms with Crippen LogP contribution in [-0.4, -0.2) is 9.97 Å². The molecule has 3 nitrogen and oxygen atoms in total. The van der Waals surface area contributed by atoms with Crippen LogP contribution in [0.4, 0.5) is 0 Å². The van der Waals surface area contributed by atoms with Crippen LogP contribution in [-0.2, 0) is 0 Å². The zero-order chi connectivity index (χ0) is 15.4. The molecule has 0 unspecified atom stereocenters. The summed E-state index contributed by atoms with van der Waals surface area (Å²) in [6.45, 7) is 2.29. The third-order valence-electron chi connectivity index (χ3n) is 4.84. The van der Waals surface area contributed by atoms with Gasteiger partial charge in [-0.05, 0) is 67.3 Å². The van der Waals surface area contributed by atoms with E-state index in [4.69, 9.17) is 5.26 Å². The Morgan fingerprint density at radius 1 is 1.05 bits per heavy atom. The average molecular weight is 291 g/mol. The first-order valence-corrected chi connectivity index (χ1v) is 8.12. The molecule has 1 fully saturated rings. The van der Waals surface area contributed by atoms with E-state index >= 15 is 0 Å². The van der Waals surface area contributed by atoms with Crippen molar-refractivity contribution in [2.75, 3.05) is 0 Å². The van der Waals surface area contributed by atoms with Crippen molar-refractivity contribution in [3.63, 3.8) is 0 Å². The minimum Gasteiger partial charge on any atom is -0.236 e. The van der Waals surface area contributed by atoms with Gasteiger partial charge in [-0.25, -0.2) is 9.97 Å². The van der Waals surface area contributed by atoms with Gasteiger partial charge in [0.05, 0.1) is 11.6 Å².